The summed E-state index contributed by atoms with van der Waals surface area (Å²) in [5.41, 5.74) is 4.86. The van der Waals surface area contributed by atoms with E-state index in [0.717, 1.165) is 126 Å². The topological polar surface area (TPSA) is 221 Å². The van der Waals surface area contributed by atoms with Crippen LogP contribution in [0.2, 0.25) is 0 Å². The number of carbonyl (C=O) groups is 2. The fourth-order valence-corrected chi connectivity index (χ4v) is 19.6. The summed E-state index contributed by atoms with van der Waals surface area (Å²) < 4.78 is 62.6. The van der Waals surface area contributed by atoms with Crippen LogP contribution in [0.15, 0.2) is 0 Å². The molecule has 0 saturated heterocycles. The van der Waals surface area contributed by atoms with Crippen LogP contribution in [0, 0.1) is 92.7 Å². The van der Waals surface area contributed by atoms with E-state index < -0.39 is 26.0 Å². The maximum atomic E-state index is 12.7. The molecular formula is C53H83N3O10S2. The van der Waals surface area contributed by atoms with E-state index in [1.807, 2.05) is 0 Å². The van der Waals surface area contributed by atoms with Crippen molar-refractivity contribution < 1.29 is 45.7 Å². The molecule has 18 atom stereocenters. The smallest absolute Gasteiger partial charge is 0.266 e. The molecule has 13 nitrogen and oxygen atoms in total. The minimum atomic E-state index is -4.12. The molecule has 3 unspecified atom stereocenters. The molecule has 6 fully saturated rings. The second-order valence-corrected chi connectivity index (χ2v) is 28.6. The summed E-state index contributed by atoms with van der Waals surface area (Å²) in [7, 11) is -8.18. The Kier molecular flexibility index (Phi) is 13.8. The van der Waals surface area contributed by atoms with Crippen molar-refractivity contribution >= 4 is 31.9 Å². The normalized spacial score (nSPS) is 42.4. The predicted molar refractivity (Wildman–Crippen MR) is 259 cm³/mol. The largest absolute Gasteiger partial charge is 0.393 e. The fraction of sp³-hybridized carbons (Fsp3) is 0.887. The Labute approximate surface area is 406 Å². The zero-order valence-corrected chi connectivity index (χ0v) is 43.4. The van der Waals surface area contributed by atoms with Crippen molar-refractivity contribution in [2.75, 3.05) is 18.1 Å². The van der Waals surface area contributed by atoms with E-state index in [2.05, 4.69) is 46.9 Å². The molecule has 1 aromatic heterocycles. The van der Waals surface area contributed by atoms with E-state index in [1.165, 1.54) is 0 Å². The summed E-state index contributed by atoms with van der Waals surface area (Å²) in [6, 6.07) is 0. The van der Waals surface area contributed by atoms with Crippen molar-refractivity contribution in [2.45, 2.75) is 182 Å². The number of amides is 1. The zero-order chi connectivity index (χ0) is 48.9. The molecular weight excluding hydrogens is 903 g/mol. The average molecular weight is 986 g/mol. The molecule has 382 valence electrons. The lowest BCUT2D eigenvalue weighted by Crippen LogP contribution is -2.60. The Balaban J connectivity index is 0.856. The van der Waals surface area contributed by atoms with Crippen LogP contribution in [0.4, 0.5) is 0 Å². The van der Waals surface area contributed by atoms with Crippen LogP contribution in [-0.4, -0.2) is 88.1 Å². The molecule has 0 bridgehead atoms. The Morgan fingerprint density at radius 1 is 0.618 bits per heavy atom. The number of rotatable bonds is 15. The molecule has 0 spiro atoms. The van der Waals surface area contributed by atoms with Gasteiger partial charge >= 0.3 is 0 Å². The minimum absolute atomic E-state index is 0.0228. The Morgan fingerprint density at radius 3 is 1.51 bits per heavy atom. The van der Waals surface area contributed by atoms with Crippen LogP contribution in [0.1, 0.15) is 167 Å². The summed E-state index contributed by atoms with van der Waals surface area (Å²) in [6.45, 7) is 14.4. The third-order valence-electron chi connectivity index (χ3n) is 22.1. The van der Waals surface area contributed by atoms with E-state index in [-0.39, 0.29) is 82.5 Å². The highest BCUT2D eigenvalue weighted by Gasteiger charge is 2.65. The number of aliphatic hydroxyl groups is 2. The number of hydrogen-bond acceptors (Lipinski definition) is 10. The van der Waals surface area contributed by atoms with Crippen LogP contribution in [0.25, 0.3) is 0 Å². The van der Waals surface area contributed by atoms with Gasteiger partial charge in [0, 0.05) is 25.8 Å². The Hall–Kier alpha value is -2.04. The van der Waals surface area contributed by atoms with Gasteiger partial charge in [0.25, 0.3) is 20.2 Å². The lowest BCUT2D eigenvalue weighted by Gasteiger charge is -2.62. The van der Waals surface area contributed by atoms with Crippen molar-refractivity contribution in [3.8, 4) is 0 Å². The van der Waals surface area contributed by atoms with Crippen LogP contribution in [0.5, 0.6) is 0 Å². The molecule has 0 radical (unpaired) electrons. The summed E-state index contributed by atoms with van der Waals surface area (Å²) in [5.74, 6) is 3.47. The van der Waals surface area contributed by atoms with Crippen LogP contribution < -0.4 is 5.32 Å². The fourth-order valence-electron chi connectivity index (χ4n) is 18.7. The van der Waals surface area contributed by atoms with Gasteiger partial charge in [0.1, 0.15) is 5.78 Å². The van der Waals surface area contributed by atoms with Crippen molar-refractivity contribution in [2.24, 2.45) is 92.7 Å². The Bertz CT molecular complexity index is 2170. The zero-order valence-electron chi connectivity index (χ0n) is 41.8. The number of nitrogens with zero attached hydrogens (tertiary/aromatic N) is 2. The molecule has 1 aromatic rings. The van der Waals surface area contributed by atoms with Crippen molar-refractivity contribution in [3.63, 3.8) is 0 Å². The van der Waals surface area contributed by atoms with Gasteiger partial charge in [0.15, 0.2) is 0 Å². The van der Waals surface area contributed by atoms with Gasteiger partial charge in [-0.3, -0.25) is 28.7 Å². The molecule has 9 rings (SSSR count). The monoisotopic (exact) mass is 986 g/mol. The number of aromatic nitrogens is 2. The van der Waals surface area contributed by atoms with Gasteiger partial charge in [-0.05, 0) is 202 Å². The molecule has 5 N–H and O–H groups in total. The van der Waals surface area contributed by atoms with Gasteiger partial charge in [0.2, 0.25) is 5.91 Å². The number of carbonyl (C=O) groups excluding carboxylic acids is 2. The van der Waals surface area contributed by atoms with Gasteiger partial charge in [-0.15, -0.1) is 0 Å². The first kappa shape index (κ1) is 50.9. The van der Waals surface area contributed by atoms with Crippen LogP contribution in [-0.2, 0) is 55.5 Å². The number of ketones is 1. The number of aliphatic hydroxyl groups excluding tert-OH is 2. The number of fused-ring (bicyclic) bond motifs is 12. The van der Waals surface area contributed by atoms with Crippen molar-refractivity contribution in [1.29, 1.82) is 0 Å². The summed E-state index contributed by atoms with van der Waals surface area (Å²) in [5, 5.41) is 27.1. The second-order valence-electron chi connectivity index (χ2n) is 25.4. The molecule has 1 amide bonds. The minimum Gasteiger partial charge on any atom is -0.393 e. The summed E-state index contributed by atoms with van der Waals surface area (Å²) in [4.78, 5) is 36.5. The van der Waals surface area contributed by atoms with Crippen molar-refractivity contribution in [1.82, 2.24) is 15.3 Å². The van der Waals surface area contributed by atoms with Gasteiger partial charge in [-0.1, -0.05) is 41.5 Å². The van der Waals surface area contributed by atoms with Crippen LogP contribution >= 0.6 is 0 Å². The highest BCUT2D eigenvalue weighted by atomic mass is 32.2. The number of hydrogen-bond donors (Lipinski definition) is 5. The quantitative estimate of drug-likeness (QED) is 0.107. The molecule has 1 heterocycles. The molecule has 0 aromatic carbocycles. The van der Waals surface area contributed by atoms with Crippen molar-refractivity contribution in [3.05, 3.63) is 22.8 Å². The summed E-state index contributed by atoms with van der Waals surface area (Å²) in [6.07, 6.45) is 15.8. The molecule has 0 aliphatic heterocycles. The first-order valence-electron chi connectivity index (χ1n) is 26.8. The maximum absolute atomic E-state index is 12.7. The Morgan fingerprint density at radius 2 is 1.06 bits per heavy atom. The third-order valence-corrected chi connectivity index (χ3v) is 23.6. The van der Waals surface area contributed by atoms with Gasteiger partial charge in [-0.25, -0.2) is 0 Å². The first-order valence-corrected chi connectivity index (χ1v) is 30.0. The SMILES string of the molecule is C[C@@H](CCC(=O)NCCS(=O)(=O)O)C1CC[C@@H]2[C@H]3[C@H](O)CC4Cc5nc6c(nc5C[C@@]4(C)[C@@H]3CC[C@@]12C)CC1C[C@H](O)[C@H]2[C@@H]3CC[C@H]([C@@H](C)CCC(=O)CCCS(=O)(=O)O)[C@@]3(C)CC[C@@H]2[C@@]1(C)C6. The van der Waals surface area contributed by atoms with Gasteiger partial charge in [0.05, 0.1) is 46.5 Å². The standard InChI is InChI=1S/C53H83N3O10S2/c1-30(9-11-34(57)8-7-22-67(61,62)63)35-12-14-37-48-39(17-19-50(35,37)3)52(5)28-43-41(24-32(52)26-45(48)58)56-44-29-53(6)33(25-42(44)55-43)27-46(59)49-38-15-13-36(51(38,4)20-18-40(49)53)31(2)10-16-47(60)54-21-23-68(64,65)66/h30-33,35-40,45-46,48-49,58-59H,7-29H2,1-6H3,(H,54,60)(H,61,62,63)(H,64,65,66)/t30-,31-,32?,33?,35+,36?,37-,38+,39-,40+,45-,46+,48-,49+,50+,51-,52-,53+/m0/s1. The van der Waals surface area contributed by atoms with E-state index >= 15 is 0 Å². The van der Waals surface area contributed by atoms with E-state index in [4.69, 9.17) is 19.1 Å². The first-order chi connectivity index (χ1) is 31.8. The highest BCUT2D eigenvalue weighted by molar-refractivity contribution is 7.86. The van der Waals surface area contributed by atoms with E-state index in [1.54, 1.807) is 0 Å². The third kappa shape index (κ3) is 9.21. The molecule has 8 aliphatic rings. The lowest BCUT2D eigenvalue weighted by molar-refractivity contribution is -0.158. The molecule has 8 aliphatic carbocycles. The number of Topliss-reactive ketones (excluding diaryl/α,β-unsaturated/α-hetero) is 1. The number of nitrogens with one attached hydrogen (secondary N) is 1. The van der Waals surface area contributed by atoms with E-state index in [0.29, 0.717) is 72.0 Å². The van der Waals surface area contributed by atoms with E-state index in [9.17, 15) is 36.6 Å². The van der Waals surface area contributed by atoms with Gasteiger partial charge in [-0.2, -0.15) is 16.8 Å². The summed E-state index contributed by atoms with van der Waals surface area (Å²) >= 11 is 0. The molecule has 6 saturated carbocycles. The van der Waals surface area contributed by atoms with Crippen LogP contribution in [0.3, 0.4) is 0 Å². The lowest BCUT2D eigenvalue weighted by atomic mass is 9.43. The molecule has 15 heteroatoms. The molecule has 68 heavy (non-hydrogen) atoms. The average Bonchev–Trinajstić information content (AvgIpc) is 3.79. The van der Waals surface area contributed by atoms with Gasteiger partial charge < -0.3 is 15.5 Å². The predicted octanol–water partition coefficient (Wildman–Crippen LogP) is 7.64. The highest BCUT2D eigenvalue weighted by Crippen LogP contribution is 2.70. The second kappa shape index (κ2) is 18.5. The maximum Gasteiger partial charge on any atom is 0.266 e.